The van der Waals surface area contributed by atoms with E-state index in [1.54, 1.807) is 6.08 Å². The van der Waals surface area contributed by atoms with Crippen LogP contribution in [0, 0.1) is 0 Å². The van der Waals surface area contributed by atoms with Crippen LogP contribution in [0.5, 0.6) is 0 Å². The Labute approximate surface area is 462 Å². The number of hydrogen-bond acceptors (Lipinski definition) is 3. The molecule has 3 N–H and O–H groups in total. The minimum Gasteiger partial charge on any atom is -0.394 e. The van der Waals surface area contributed by atoms with E-state index >= 15 is 0 Å². The van der Waals surface area contributed by atoms with Crippen LogP contribution in [0.2, 0.25) is 0 Å². The van der Waals surface area contributed by atoms with Gasteiger partial charge in [0.2, 0.25) is 5.91 Å². The molecule has 0 aliphatic carbocycles. The number of nitrogens with one attached hydrogen (secondary N) is 1. The van der Waals surface area contributed by atoms with Crippen molar-refractivity contribution in [2.24, 2.45) is 0 Å². The second kappa shape index (κ2) is 64.6. The van der Waals surface area contributed by atoms with Gasteiger partial charge in [0.15, 0.2) is 0 Å². The van der Waals surface area contributed by atoms with Crippen molar-refractivity contribution in [2.45, 2.75) is 334 Å². The first-order valence-corrected chi connectivity index (χ1v) is 32.5. The zero-order valence-electron chi connectivity index (χ0n) is 49.3. The number of aliphatic hydroxyl groups excluding tert-OH is 2. The lowest BCUT2D eigenvalue weighted by Crippen LogP contribution is -2.45. The average molecular weight is 1030 g/mol. The number of amides is 1. The molecule has 0 aromatic rings. The molecule has 74 heavy (non-hydrogen) atoms. The molecule has 0 aliphatic heterocycles. The molecular weight excluding hydrogens is 903 g/mol. The van der Waals surface area contributed by atoms with E-state index in [2.05, 4.69) is 104 Å². The summed E-state index contributed by atoms with van der Waals surface area (Å²) in [6.45, 7) is 4.20. The maximum absolute atomic E-state index is 12.5. The molecule has 4 heteroatoms. The number of rotatable bonds is 59. The van der Waals surface area contributed by atoms with Crippen LogP contribution in [-0.4, -0.2) is 34.9 Å². The van der Waals surface area contributed by atoms with Crippen LogP contribution in [0.4, 0.5) is 0 Å². The minimum absolute atomic E-state index is 0.0747. The SMILES string of the molecule is CC/C=C\C/C=C\C/C=C\C/C=C\C/C=C\CCCCCCCCCCCCCCCCCCCCCCCCCC(=O)NC(CO)C(O)/C=C/CC/C=C/CC/C=C/CCCCCCCCCCCCCCC. The van der Waals surface area contributed by atoms with Crippen molar-refractivity contribution in [3.05, 3.63) is 97.2 Å². The van der Waals surface area contributed by atoms with Gasteiger partial charge < -0.3 is 15.5 Å². The minimum atomic E-state index is -0.874. The molecule has 2 atom stereocenters. The van der Waals surface area contributed by atoms with Crippen molar-refractivity contribution in [3.8, 4) is 0 Å². The molecule has 0 spiro atoms. The Hall–Kier alpha value is -2.69. The highest BCUT2D eigenvalue weighted by Gasteiger charge is 2.18. The van der Waals surface area contributed by atoms with Crippen molar-refractivity contribution in [2.75, 3.05) is 6.61 Å². The van der Waals surface area contributed by atoms with Crippen molar-refractivity contribution < 1.29 is 15.0 Å². The lowest BCUT2D eigenvalue weighted by atomic mass is 10.0. The molecule has 0 radical (unpaired) electrons. The Morgan fingerprint density at radius 1 is 0.338 bits per heavy atom. The topological polar surface area (TPSA) is 69.6 Å². The first kappa shape index (κ1) is 71.3. The van der Waals surface area contributed by atoms with Crippen LogP contribution < -0.4 is 5.32 Å². The van der Waals surface area contributed by atoms with Gasteiger partial charge >= 0.3 is 0 Å². The highest BCUT2D eigenvalue weighted by atomic mass is 16.3. The lowest BCUT2D eigenvalue weighted by molar-refractivity contribution is -0.123. The summed E-state index contributed by atoms with van der Waals surface area (Å²) in [5.74, 6) is -0.0747. The standard InChI is InChI=1S/C70H125NO3/c1-3-5-7-9-11-13-15-17-19-21-23-25-27-28-29-30-31-32-33-34-35-36-37-38-39-40-41-42-44-46-48-50-52-54-56-58-60-62-64-66-70(74)71-68(67-72)69(73)65-63-61-59-57-55-53-51-49-47-45-43-26-24-22-20-18-16-14-12-10-8-6-4-2/h5,7,11,13,17,19,23,25,28-29,47,49,55,57,63,65,68-69,72-73H,3-4,6,8-10,12,14-16,18,20-22,24,26-27,30-46,48,50-54,56,58-62,64,66-67H2,1-2H3,(H,71,74)/b7-5-,13-11-,19-17-,25-23-,29-28-,49-47+,57-55+,65-63+. The second-order valence-electron chi connectivity index (χ2n) is 21.8. The average Bonchev–Trinajstić information content (AvgIpc) is 3.40. The molecule has 428 valence electrons. The molecule has 0 saturated carbocycles. The van der Waals surface area contributed by atoms with Gasteiger partial charge in [0, 0.05) is 6.42 Å². The van der Waals surface area contributed by atoms with Gasteiger partial charge in [0.05, 0.1) is 18.8 Å². The normalized spacial score (nSPS) is 13.4. The Morgan fingerprint density at radius 3 is 0.946 bits per heavy atom. The fraction of sp³-hybridized carbons (Fsp3) is 0.757. The third-order valence-corrected chi connectivity index (χ3v) is 14.5. The summed E-state index contributed by atoms with van der Waals surface area (Å²) in [4.78, 5) is 12.5. The quantitative estimate of drug-likeness (QED) is 0.0420. The van der Waals surface area contributed by atoms with E-state index in [0.29, 0.717) is 6.42 Å². The summed E-state index contributed by atoms with van der Waals surface area (Å²) in [5.41, 5.74) is 0. The van der Waals surface area contributed by atoms with Gasteiger partial charge in [-0.1, -0.05) is 323 Å². The summed E-state index contributed by atoms with van der Waals surface area (Å²) in [7, 11) is 0. The third kappa shape index (κ3) is 60.2. The van der Waals surface area contributed by atoms with Gasteiger partial charge in [-0.15, -0.1) is 0 Å². The molecule has 0 bridgehead atoms. The van der Waals surface area contributed by atoms with Gasteiger partial charge in [-0.25, -0.2) is 0 Å². The van der Waals surface area contributed by atoms with Crippen LogP contribution in [0.1, 0.15) is 322 Å². The number of carbonyl (C=O) groups excluding carboxylic acids is 1. The highest BCUT2D eigenvalue weighted by molar-refractivity contribution is 5.76. The van der Waals surface area contributed by atoms with E-state index in [-0.39, 0.29) is 12.5 Å². The lowest BCUT2D eigenvalue weighted by Gasteiger charge is -2.19. The van der Waals surface area contributed by atoms with E-state index < -0.39 is 12.1 Å². The van der Waals surface area contributed by atoms with Gasteiger partial charge in [-0.2, -0.15) is 0 Å². The van der Waals surface area contributed by atoms with Crippen molar-refractivity contribution in [1.29, 1.82) is 0 Å². The maximum Gasteiger partial charge on any atom is 0.220 e. The predicted octanol–water partition coefficient (Wildman–Crippen LogP) is 22.0. The molecule has 4 nitrogen and oxygen atoms in total. The molecule has 0 rings (SSSR count). The number of unbranched alkanes of at least 4 members (excludes halogenated alkanes) is 38. The molecule has 2 unspecified atom stereocenters. The summed E-state index contributed by atoms with van der Waals surface area (Å²) >= 11 is 0. The van der Waals surface area contributed by atoms with Crippen LogP contribution in [0.3, 0.4) is 0 Å². The van der Waals surface area contributed by atoms with Gasteiger partial charge in [-0.3, -0.25) is 4.79 Å². The first-order chi connectivity index (χ1) is 36.7. The largest absolute Gasteiger partial charge is 0.394 e. The third-order valence-electron chi connectivity index (χ3n) is 14.5. The van der Waals surface area contributed by atoms with Crippen LogP contribution >= 0.6 is 0 Å². The van der Waals surface area contributed by atoms with Crippen molar-refractivity contribution in [3.63, 3.8) is 0 Å². The number of carbonyl (C=O) groups is 1. The van der Waals surface area contributed by atoms with Crippen LogP contribution in [0.15, 0.2) is 97.2 Å². The molecule has 0 aromatic heterocycles. The summed E-state index contributed by atoms with van der Waals surface area (Å²) in [5, 5.41) is 23.2. The Balaban J connectivity index is 3.49. The molecule has 0 aliphatic rings. The predicted molar refractivity (Wildman–Crippen MR) is 331 cm³/mol. The van der Waals surface area contributed by atoms with Crippen LogP contribution in [-0.2, 0) is 4.79 Å². The van der Waals surface area contributed by atoms with E-state index in [4.69, 9.17) is 0 Å². The van der Waals surface area contributed by atoms with E-state index in [0.717, 1.165) is 70.6 Å². The van der Waals surface area contributed by atoms with Crippen molar-refractivity contribution in [1.82, 2.24) is 5.32 Å². The molecule has 0 heterocycles. The molecule has 0 saturated heterocycles. The second-order valence-corrected chi connectivity index (χ2v) is 21.8. The van der Waals surface area contributed by atoms with Gasteiger partial charge in [0.25, 0.3) is 0 Å². The number of hydrogen-bond donors (Lipinski definition) is 3. The number of allylic oxidation sites excluding steroid dienone is 15. The molecule has 1 amide bonds. The highest BCUT2D eigenvalue weighted by Crippen LogP contribution is 2.17. The van der Waals surface area contributed by atoms with Crippen molar-refractivity contribution >= 4 is 5.91 Å². The van der Waals surface area contributed by atoms with E-state index in [1.807, 2.05) is 6.08 Å². The smallest absolute Gasteiger partial charge is 0.220 e. The van der Waals surface area contributed by atoms with Crippen LogP contribution in [0.25, 0.3) is 0 Å². The Kier molecular flexibility index (Phi) is 62.2. The summed E-state index contributed by atoms with van der Waals surface area (Å²) in [6.07, 6.45) is 96.1. The monoisotopic (exact) mass is 1030 g/mol. The number of aliphatic hydroxyl groups is 2. The van der Waals surface area contributed by atoms with Gasteiger partial charge in [-0.05, 0) is 89.9 Å². The summed E-state index contributed by atoms with van der Waals surface area (Å²) < 4.78 is 0. The zero-order chi connectivity index (χ0) is 53.4. The molecular formula is C70H125NO3. The van der Waals surface area contributed by atoms with E-state index in [9.17, 15) is 15.0 Å². The Morgan fingerprint density at radius 2 is 0.608 bits per heavy atom. The van der Waals surface area contributed by atoms with Gasteiger partial charge in [0.1, 0.15) is 0 Å². The molecule has 0 fully saturated rings. The fourth-order valence-electron chi connectivity index (χ4n) is 9.65. The first-order valence-electron chi connectivity index (χ1n) is 32.5. The summed E-state index contributed by atoms with van der Waals surface area (Å²) in [6, 6.07) is -0.649. The fourth-order valence-corrected chi connectivity index (χ4v) is 9.65. The Bertz CT molecular complexity index is 1350. The maximum atomic E-state index is 12.5. The van der Waals surface area contributed by atoms with E-state index in [1.165, 1.54) is 231 Å². The zero-order valence-corrected chi connectivity index (χ0v) is 49.3. The molecule has 0 aromatic carbocycles.